The summed E-state index contributed by atoms with van der Waals surface area (Å²) in [6.07, 6.45) is 3.47. The lowest BCUT2D eigenvalue weighted by atomic mass is 10.0. The van der Waals surface area contributed by atoms with E-state index >= 15 is 0 Å². The minimum absolute atomic E-state index is 0.606. The van der Waals surface area contributed by atoms with Crippen LogP contribution in [0, 0.1) is 0 Å². The Labute approximate surface area is 123 Å². The third kappa shape index (κ3) is 3.17. The molecule has 3 nitrogen and oxygen atoms in total. The van der Waals surface area contributed by atoms with Gasteiger partial charge in [0.2, 0.25) is 0 Å². The van der Waals surface area contributed by atoms with Crippen molar-refractivity contribution in [1.29, 1.82) is 0 Å². The van der Waals surface area contributed by atoms with Crippen LogP contribution >= 0.6 is 23.2 Å². The van der Waals surface area contributed by atoms with Crippen molar-refractivity contribution < 1.29 is 0 Å². The summed E-state index contributed by atoms with van der Waals surface area (Å²) in [4.78, 5) is 8.65. The van der Waals surface area contributed by atoms with Gasteiger partial charge in [-0.05, 0) is 24.6 Å². The molecule has 0 bridgehead atoms. The van der Waals surface area contributed by atoms with Gasteiger partial charge in [0.05, 0.1) is 5.69 Å². The molecule has 1 aromatic carbocycles. The molecule has 2 rings (SSSR count). The highest BCUT2D eigenvalue weighted by Crippen LogP contribution is 2.30. The molecule has 100 valence electrons. The molecule has 0 radical (unpaired) electrons. The highest BCUT2D eigenvalue weighted by Gasteiger charge is 2.12. The summed E-state index contributed by atoms with van der Waals surface area (Å²) < 4.78 is 0. The molecule has 0 spiro atoms. The molecule has 0 atom stereocenters. The average molecular weight is 296 g/mol. The van der Waals surface area contributed by atoms with E-state index in [0.717, 1.165) is 35.5 Å². The van der Waals surface area contributed by atoms with E-state index in [2.05, 4.69) is 22.2 Å². The summed E-state index contributed by atoms with van der Waals surface area (Å²) in [6, 6.07) is 5.45. The zero-order chi connectivity index (χ0) is 13.8. The second-order valence-electron chi connectivity index (χ2n) is 4.21. The standard InChI is InChI=1S/C14H15Cl2N3/c1-3-4-12-13(18-8-19-14(12)17-2)9-5-10(15)7-11(16)6-9/h5-8H,3-4H2,1-2H3,(H,17,18,19). The number of nitrogens with zero attached hydrogens (tertiary/aromatic N) is 2. The van der Waals surface area contributed by atoms with Crippen molar-refractivity contribution in [2.75, 3.05) is 12.4 Å². The monoisotopic (exact) mass is 295 g/mol. The lowest BCUT2D eigenvalue weighted by Crippen LogP contribution is -2.03. The van der Waals surface area contributed by atoms with Crippen molar-refractivity contribution in [3.8, 4) is 11.3 Å². The fourth-order valence-electron chi connectivity index (χ4n) is 2.05. The first-order valence-electron chi connectivity index (χ1n) is 6.13. The Bertz CT molecular complexity index is 565. The molecule has 19 heavy (non-hydrogen) atoms. The van der Waals surface area contributed by atoms with Gasteiger partial charge in [0.15, 0.2) is 0 Å². The van der Waals surface area contributed by atoms with E-state index in [1.165, 1.54) is 0 Å². The van der Waals surface area contributed by atoms with Crippen LogP contribution in [0.2, 0.25) is 10.0 Å². The fourth-order valence-corrected chi connectivity index (χ4v) is 2.58. The van der Waals surface area contributed by atoms with Gasteiger partial charge in [-0.1, -0.05) is 36.5 Å². The summed E-state index contributed by atoms with van der Waals surface area (Å²) in [5.74, 6) is 0.850. The molecule has 1 N–H and O–H groups in total. The lowest BCUT2D eigenvalue weighted by molar-refractivity contribution is 0.906. The molecule has 0 aliphatic rings. The number of anilines is 1. The summed E-state index contributed by atoms with van der Waals surface area (Å²) in [6.45, 7) is 2.13. The molecule has 0 amide bonds. The highest BCUT2D eigenvalue weighted by atomic mass is 35.5. The van der Waals surface area contributed by atoms with E-state index in [-0.39, 0.29) is 0 Å². The summed E-state index contributed by atoms with van der Waals surface area (Å²) in [5.41, 5.74) is 2.89. The maximum atomic E-state index is 6.06. The van der Waals surface area contributed by atoms with Crippen LogP contribution in [-0.4, -0.2) is 17.0 Å². The first-order chi connectivity index (χ1) is 9.15. The molecule has 0 unspecified atom stereocenters. The first-order valence-corrected chi connectivity index (χ1v) is 6.89. The molecule has 2 aromatic rings. The van der Waals surface area contributed by atoms with Crippen LogP contribution in [0.4, 0.5) is 5.82 Å². The molecule has 0 saturated carbocycles. The Balaban J connectivity index is 2.60. The van der Waals surface area contributed by atoms with Crippen LogP contribution in [-0.2, 0) is 6.42 Å². The van der Waals surface area contributed by atoms with E-state index in [4.69, 9.17) is 23.2 Å². The zero-order valence-corrected chi connectivity index (χ0v) is 12.4. The molecular weight excluding hydrogens is 281 g/mol. The van der Waals surface area contributed by atoms with Crippen molar-refractivity contribution in [2.24, 2.45) is 0 Å². The number of hydrogen-bond acceptors (Lipinski definition) is 3. The topological polar surface area (TPSA) is 37.8 Å². The van der Waals surface area contributed by atoms with E-state index in [9.17, 15) is 0 Å². The summed E-state index contributed by atoms with van der Waals surface area (Å²) in [5, 5.41) is 4.31. The van der Waals surface area contributed by atoms with Gasteiger partial charge < -0.3 is 5.32 Å². The van der Waals surface area contributed by atoms with Crippen LogP contribution < -0.4 is 5.32 Å². The number of benzene rings is 1. The van der Waals surface area contributed by atoms with Gasteiger partial charge in [-0.15, -0.1) is 0 Å². The first kappa shape index (κ1) is 14.1. The van der Waals surface area contributed by atoms with Crippen LogP contribution in [0.1, 0.15) is 18.9 Å². The van der Waals surface area contributed by atoms with Crippen LogP contribution in [0.25, 0.3) is 11.3 Å². The third-order valence-corrected chi connectivity index (χ3v) is 3.25. The van der Waals surface area contributed by atoms with E-state index in [1.807, 2.05) is 19.2 Å². The van der Waals surface area contributed by atoms with Crippen LogP contribution in [0.15, 0.2) is 24.5 Å². The quantitative estimate of drug-likeness (QED) is 0.906. The Kier molecular flexibility index (Phi) is 4.61. The van der Waals surface area contributed by atoms with Crippen molar-refractivity contribution in [1.82, 2.24) is 9.97 Å². The van der Waals surface area contributed by atoms with Gasteiger partial charge in [-0.3, -0.25) is 0 Å². The van der Waals surface area contributed by atoms with Gasteiger partial charge in [0.1, 0.15) is 12.1 Å². The Hall–Kier alpha value is -1.32. The number of aromatic nitrogens is 2. The number of nitrogens with one attached hydrogen (secondary N) is 1. The van der Waals surface area contributed by atoms with E-state index < -0.39 is 0 Å². The van der Waals surface area contributed by atoms with E-state index in [0.29, 0.717) is 10.0 Å². The molecular formula is C14H15Cl2N3. The van der Waals surface area contributed by atoms with E-state index in [1.54, 1.807) is 12.4 Å². The van der Waals surface area contributed by atoms with Crippen molar-refractivity contribution in [3.63, 3.8) is 0 Å². The molecule has 0 aliphatic carbocycles. The second kappa shape index (κ2) is 6.22. The number of rotatable bonds is 4. The van der Waals surface area contributed by atoms with Crippen molar-refractivity contribution in [2.45, 2.75) is 19.8 Å². The Morgan fingerprint density at radius 2 is 1.79 bits per heavy atom. The average Bonchev–Trinajstić information content (AvgIpc) is 2.38. The van der Waals surface area contributed by atoms with Gasteiger partial charge in [-0.2, -0.15) is 0 Å². The van der Waals surface area contributed by atoms with Gasteiger partial charge in [-0.25, -0.2) is 9.97 Å². The van der Waals surface area contributed by atoms with Crippen LogP contribution in [0.5, 0.6) is 0 Å². The normalized spacial score (nSPS) is 10.5. The lowest BCUT2D eigenvalue weighted by Gasteiger charge is -2.12. The largest absolute Gasteiger partial charge is 0.373 e. The Morgan fingerprint density at radius 1 is 1.11 bits per heavy atom. The highest BCUT2D eigenvalue weighted by molar-refractivity contribution is 6.35. The summed E-state index contributed by atoms with van der Waals surface area (Å²) >= 11 is 12.1. The van der Waals surface area contributed by atoms with Gasteiger partial charge in [0, 0.05) is 28.2 Å². The molecule has 0 fully saturated rings. The van der Waals surface area contributed by atoms with Crippen molar-refractivity contribution >= 4 is 29.0 Å². The number of hydrogen-bond donors (Lipinski definition) is 1. The van der Waals surface area contributed by atoms with Gasteiger partial charge in [0.25, 0.3) is 0 Å². The van der Waals surface area contributed by atoms with Gasteiger partial charge >= 0.3 is 0 Å². The molecule has 0 saturated heterocycles. The maximum Gasteiger partial charge on any atom is 0.132 e. The maximum absolute atomic E-state index is 6.06. The number of halogens is 2. The fraction of sp³-hybridized carbons (Fsp3) is 0.286. The third-order valence-electron chi connectivity index (χ3n) is 2.82. The molecule has 5 heteroatoms. The molecule has 1 aromatic heterocycles. The van der Waals surface area contributed by atoms with Crippen molar-refractivity contribution in [3.05, 3.63) is 40.1 Å². The predicted octanol–water partition coefficient (Wildman–Crippen LogP) is 4.44. The SMILES string of the molecule is CCCc1c(NC)ncnc1-c1cc(Cl)cc(Cl)c1. The minimum atomic E-state index is 0.606. The van der Waals surface area contributed by atoms with Crippen LogP contribution in [0.3, 0.4) is 0 Å². The summed E-state index contributed by atoms with van der Waals surface area (Å²) in [7, 11) is 1.86. The molecule has 0 aliphatic heterocycles. The Morgan fingerprint density at radius 3 is 2.37 bits per heavy atom. The molecule has 1 heterocycles. The second-order valence-corrected chi connectivity index (χ2v) is 5.08. The minimum Gasteiger partial charge on any atom is -0.373 e. The zero-order valence-electron chi connectivity index (χ0n) is 10.9. The smallest absolute Gasteiger partial charge is 0.132 e. The predicted molar refractivity (Wildman–Crippen MR) is 81.0 cm³/mol.